The molecule has 2 aromatic rings. The maximum Gasteiger partial charge on any atom is 0.213 e. The van der Waals surface area contributed by atoms with Gasteiger partial charge in [0.15, 0.2) is 5.96 Å². The number of hydrogen-bond acceptors (Lipinski definition) is 3. The Morgan fingerprint density at radius 2 is 1.92 bits per heavy atom. The fourth-order valence-corrected chi connectivity index (χ4v) is 2.32. The molecule has 5 nitrogen and oxygen atoms in total. The molecule has 0 atom stereocenters. The van der Waals surface area contributed by atoms with Crippen molar-refractivity contribution in [3.8, 4) is 0 Å². The van der Waals surface area contributed by atoms with E-state index in [0.29, 0.717) is 12.4 Å². The van der Waals surface area contributed by atoms with Crippen LogP contribution in [0.15, 0.2) is 39.9 Å². The van der Waals surface area contributed by atoms with Crippen LogP contribution in [0.2, 0.25) is 0 Å². The van der Waals surface area contributed by atoms with Crippen molar-refractivity contribution in [1.29, 1.82) is 0 Å². The Bertz CT molecular complexity index is 680. The van der Waals surface area contributed by atoms with Gasteiger partial charge in [-0.1, -0.05) is 50.6 Å². The second-order valence-corrected chi connectivity index (χ2v) is 7.11. The fourth-order valence-electron chi connectivity index (χ4n) is 2.32. The van der Waals surface area contributed by atoms with E-state index in [-0.39, 0.29) is 5.41 Å². The zero-order valence-corrected chi connectivity index (χ0v) is 15.6. The smallest absolute Gasteiger partial charge is 0.213 e. The van der Waals surface area contributed by atoms with E-state index >= 15 is 0 Å². The van der Waals surface area contributed by atoms with Gasteiger partial charge in [0.2, 0.25) is 5.89 Å². The number of benzene rings is 1. The molecule has 0 spiro atoms. The Hall–Kier alpha value is -2.30. The van der Waals surface area contributed by atoms with Crippen molar-refractivity contribution < 1.29 is 4.42 Å². The summed E-state index contributed by atoms with van der Waals surface area (Å²) in [6.07, 6.45) is 1.80. The summed E-state index contributed by atoms with van der Waals surface area (Å²) < 4.78 is 5.81. The van der Waals surface area contributed by atoms with Crippen molar-refractivity contribution >= 4 is 5.96 Å². The largest absolute Gasteiger partial charge is 0.443 e. The van der Waals surface area contributed by atoms with Gasteiger partial charge in [-0.05, 0) is 12.5 Å². The standard InChI is InChI=1S/C19H28N4O/c1-14-7-9-15(10-8-14)13-23(6)18(20-5)22-12-17-21-11-16(24-17)19(2,3)4/h7-11H,12-13H2,1-6H3,(H,20,22). The molecule has 0 aliphatic rings. The fraction of sp³-hybridized carbons (Fsp3) is 0.474. The number of nitrogens with zero attached hydrogens (tertiary/aromatic N) is 3. The molecule has 0 amide bonds. The van der Waals surface area contributed by atoms with Crippen molar-refractivity contribution in [2.24, 2.45) is 4.99 Å². The van der Waals surface area contributed by atoms with Gasteiger partial charge < -0.3 is 14.6 Å². The van der Waals surface area contributed by atoms with Gasteiger partial charge in [0.05, 0.1) is 12.7 Å². The van der Waals surface area contributed by atoms with Crippen LogP contribution >= 0.6 is 0 Å². The van der Waals surface area contributed by atoms with E-state index in [2.05, 4.69) is 72.2 Å². The lowest BCUT2D eigenvalue weighted by atomic mass is 9.94. The normalized spacial score (nSPS) is 12.3. The molecule has 0 radical (unpaired) electrons. The highest BCUT2D eigenvalue weighted by Gasteiger charge is 2.19. The average molecular weight is 328 g/mol. The van der Waals surface area contributed by atoms with Crippen LogP contribution < -0.4 is 5.32 Å². The van der Waals surface area contributed by atoms with E-state index in [1.807, 2.05) is 7.05 Å². The first-order valence-electron chi connectivity index (χ1n) is 8.22. The van der Waals surface area contributed by atoms with Crippen LogP contribution in [-0.2, 0) is 18.5 Å². The Labute approximate surface area is 144 Å². The van der Waals surface area contributed by atoms with Gasteiger partial charge in [0.25, 0.3) is 0 Å². The molecule has 1 N–H and O–H groups in total. The second kappa shape index (κ2) is 7.51. The highest BCUT2D eigenvalue weighted by atomic mass is 16.4. The SMILES string of the molecule is CN=C(NCc1ncc(C(C)(C)C)o1)N(C)Cc1ccc(C)cc1. The molecule has 0 aliphatic heterocycles. The Kier molecular flexibility index (Phi) is 5.65. The monoisotopic (exact) mass is 328 g/mol. The zero-order valence-electron chi connectivity index (χ0n) is 15.6. The maximum atomic E-state index is 5.81. The molecule has 1 aromatic heterocycles. The topological polar surface area (TPSA) is 53.7 Å². The Balaban J connectivity index is 1.94. The van der Waals surface area contributed by atoms with Crippen LogP contribution in [0, 0.1) is 6.92 Å². The molecule has 0 aliphatic carbocycles. The van der Waals surface area contributed by atoms with Crippen LogP contribution in [0.5, 0.6) is 0 Å². The highest BCUT2D eigenvalue weighted by Crippen LogP contribution is 2.22. The van der Waals surface area contributed by atoms with Crippen molar-refractivity contribution in [2.45, 2.75) is 46.2 Å². The molecular formula is C19H28N4O. The van der Waals surface area contributed by atoms with E-state index in [1.54, 1.807) is 13.2 Å². The van der Waals surface area contributed by atoms with Gasteiger partial charge in [-0.2, -0.15) is 0 Å². The van der Waals surface area contributed by atoms with Crippen LogP contribution in [0.1, 0.15) is 43.5 Å². The summed E-state index contributed by atoms with van der Waals surface area (Å²) in [6.45, 7) is 9.73. The Morgan fingerprint density at radius 1 is 1.25 bits per heavy atom. The summed E-state index contributed by atoms with van der Waals surface area (Å²) in [7, 11) is 3.80. The van der Waals surface area contributed by atoms with E-state index in [9.17, 15) is 0 Å². The molecule has 0 unspecified atom stereocenters. The Morgan fingerprint density at radius 3 is 2.46 bits per heavy atom. The van der Waals surface area contributed by atoms with Crippen LogP contribution in [0.25, 0.3) is 0 Å². The van der Waals surface area contributed by atoms with Gasteiger partial charge in [0.1, 0.15) is 5.76 Å². The summed E-state index contributed by atoms with van der Waals surface area (Å²) in [5.41, 5.74) is 2.48. The molecule has 2 rings (SSSR count). The van der Waals surface area contributed by atoms with Crippen molar-refractivity contribution in [3.05, 3.63) is 53.2 Å². The molecule has 1 heterocycles. The van der Waals surface area contributed by atoms with Gasteiger partial charge in [-0.15, -0.1) is 0 Å². The quantitative estimate of drug-likeness (QED) is 0.689. The minimum absolute atomic E-state index is 0.0326. The molecule has 0 fully saturated rings. The number of aliphatic imine (C=N–C) groups is 1. The molecule has 0 saturated heterocycles. The number of hydrogen-bond donors (Lipinski definition) is 1. The minimum atomic E-state index is -0.0326. The summed E-state index contributed by atoms with van der Waals surface area (Å²) in [4.78, 5) is 10.8. The van der Waals surface area contributed by atoms with Gasteiger partial charge in [-0.3, -0.25) is 4.99 Å². The third-order valence-electron chi connectivity index (χ3n) is 3.80. The summed E-state index contributed by atoms with van der Waals surface area (Å²) in [6, 6.07) is 8.53. The lowest BCUT2D eigenvalue weighted by molar-refractivity contribution is 0.376. The minimum Gasteiger partial charge on any atom is -0.443 e. The molecular weight excluding hydrogens is 300 g/mol. The van der Waals surface area contributed by atoms with Gasteiger partial charge in [0, 0.05) is 26.1 Å². The van der Waals surface area contributed by atoms with E-state index in [0.717, 1.165) is 18.3 Å². The highest BCUT2D eigenvalue weighted by molar-refractivity contribution is 5.79. The van der Waals surface area contributed by atoms with Crippen LogP contribution in [0.4, 0.5) is 0 Å². The van der Waals surface area contributed by atoms with Crippen molar-refractivity contribution in [1.82, 2.24) is 15.2 Å². The van der Waals surface area contributed by atoms with Crippen LogP contribution in [-0.4, -0.2) is 29.9 Å². The number of aryl methyl sites for hydroxylation is 1. The molecule has 1 aromatic carbocycles. The molecule has 0 bridgehead atoms. The summed E-state index contributed by atoms with van der Waals surface area (Å²) in [5.74, 6) is 2.37. The third-order valence-corrected chi connectivity index (χ3v) is 3.80. The average Bonchev–Trinajstić information content (AvgIpc) is 2.99. The number of guanidine groups is 1. The number of rotatable bonds is 4. The first-order valence-corrected chi connectivity index (χ1v) is 8.22. The van der Waals surface area contributed by atoms with E-state index in [4.69, 9.17) is 4.42 Å². The maximum absolute atomic E-state index is 5.81. The van der Waals surface area contributed by atoms with Crippen molar-refractivity contribution in [3.63, 3.8) is 0 Å². The predicted molar refractivity (Wildman–Crippen MR) is 98.0 cm³/mol. The third kappa shape index (κ3) is 4.85. The first kappa shape index (κ1) is 18.0. The number of nitrogens with one attached hydrogen (secondary N) is 1. The lowest BCUT2D eigenvalue weighted by Crippen LogP contribution is -2.38. The van der Waals surface area contributed by atoms with E-state index in [1.165, 1.54) is 11.1 Å². The molecule has 130 valence electrons. The van der Waals surface area contributed by atoms with Crippen molar-refractivity contribution in [2.75, 3.05) is 14.1 Å². The molecule has 0 saturated carbocycles. The lowest BCUT2D eigenvalue weighted by Gasteiger charge is -2.21. The molecule has 24 heavy (non-hydrogen) atoms. The van der Waals surface area contributed by atoms with Crippen LogP contribution in [0.3, 0.4) is 0 Å². The van der Waals surface area contributed by atoms with Gasteiger partial charge >= 0.3 is 0 Å². The predicted octanol–water partition coefficient (Wildman–Crippen LogP) is 3.49. The van der Waals surface area contributed by atoms with E-state index < -0.39 is 0 Å². The summed E-state index contributed by atoms with van der Waals surface area (Å²) >= 11 is 0. The number of oxazole rings is 1. The number of aromatic nitrogens is 1. The summed E-state index contributed by atoms with van der Waals surface area (Å²) in [5, 5.41) is 3.30. The second-order valence-electron chi connectivity index (χ2n) is 7.11. The van der Waals surface area contributed by atoms with Gasteiger partial charge in [-0.25, -0.2) is 4.98 Å². The zero-order chi connectivity index (χ0) is 17.7. The molecule has 5 heteroatoms. The first-order chi connectivity index (χ1) is 11.3.